The molecule has 1 heterocycles. The lowest BCUT2D eigenvalue weighted by Gasteiger charge is -2.25. The van der Waals surface area contributed by atoms with E-state index in [1.165, 1.54) is 6.42 Å². The van der Waals surface area contributed by atoms with E-state index in [2.05, 4.69) is 0 Å². The molecule has 0 atom stereocenters. The third kappa shape index (κ3) is 4.18. The molecule has 0 aromatic heterocycles. The van der Waals surface area contributed by atoms with Gasteiger partial charge in [0.25, 0.3) is 0 Å². The summed E-state index contributed by atoms with van der Waals surface area (Å²) in [6.07, 6.45) is 5.07. The Morgan fingerprint density at radius 3 is 2.57 bits per heavy atom. The van der Waals surface area contributed by atoms with Gasteiger partial charge in [0.2, 0.25) is 0 Å². The number of ether oxygens (including phenoxy) is 1. The quantitative estimate of drug-likeness (QED) is 0.538. The SMILES string of the molecule is O=C(OCCCCCl)N1CCCCC1. The molecule has 0 aromatic carbocycles. The Morgan fingerprint density at radius 1 is 1.21 bits per heavy atom. The number of nitrogens with zero attached hydrogens (tertiary/aromatic N) is 1. The van der Waals surface area contributed by atoms with Crippen LogP contribution in [0.1, 0.15) is 32.1 Å². The van der Waals surface area contributed by atoms with Gasteiger partial charge in [-0.1, -0.05) is 0 Å². The van der Waals surface area contributed by atoms with Crippen molar-refractivity contribution in [2.45, 2.75) is 32.1 Å². The van der Waals surface area contributed by atoms with Crippen LogP contribution >= 0.6 is 11.6 Å². The molecule has 0 aliphatic carbocycles. The summed E-state index contributed by atoms with van der Waals surface area (Å²) in [5, 5.41) is 0. The molecule has 0 bridgehead atoms. The van der Waals surface area contributed by atoms with Crippen molar-refractivity contribution in [3.63, 3.8) is 0 Å². The zero-order valence-electron chi connectivity index (χ0n) is 8.51. The lowest BCUT2D eigenvalue weighted by atomic mass is 10.1. The van der Waals surface area contributed by atoms with Crippen LogP contribution in [0.2, 0.25) is 0 Å². The molecule has 1 saturated heterocycles. The van der Waals surface area contributed by atoms with Crippen LogP contribution < -0.4 is 0 Å². The summed E-state index contributed by atoms with van der Waals surface area (Å²) in [7, 11) is 0. The van der Waals surface area contributed by atoms with E-state index in [0.29, 0.717) is 12.5 Å². The maximum Gasteiger partial charge on any atom is 0.409 e. The second-order valence-corrected chi connectivity index (χ2v) is 3.94. The van der Waals surface area contributed by atoms with Crippen molar-refractivity contribution in [1.82, 2.24) is 4.90 Å². The van der Waals surface area contributed by atoms with Gasteiger partial charge in [0.15, 0.2) is 0 Å². The Hall–Kier alpha value is -0.440. The monoisotopic (exact) mass is 219 g/mol. The highest BCUT2D eigenvalue weighted by Gasteiger charge is 2.16. The van der Waals surface area contributed by atoms with Crippen molar-refractivity contribution < 1.29 is 9.53 Å². The first kappa shape index (κ1) is 11.6. The number of carbonyl (C=O) groups is 1. The Morgan fingerprint density at radius 2 is 1.93 bits per heavy atom. The second-order valence-electron chi connectivity index (χ2n) is 3.56. The first-order chi connectivity index (χ1) is 6.84. The van der Waals surface area contributed by atoms with Crippen LogP contribution in [0.5, 0.6) is 0 Å². The maximum absolute atomic E-state index is 11.4. The predicted molar refractivity (Wildman–Crippen MR) is 56.7 cm³/mol. The maximum atomic E-state index is 11.4. The predicted octanol–water partition coefficient (Wildman–Crippen LogP) is 2.63. The van der Waals surface area contributed by atoms with Crippen molar-refractivity contribution in [2.75, 3.05) is 25.6 Å². The molecule has 0 radical (unpaired) electrons. The Labute approximate surface area is 90.4 Å². The fourth-order valence-corrected chi connectivity index (χ4v) is 1.71. The molecule has 0 unspecified atom stereocenters. The average Bonchev–Trinajstić information content (AvgIpc) is 2.25. The Balaban J connectivity index is 2.07. The van der Waals surface area contributed by atoms with Gasteiger partial charge in [0.05, 0.1) is 6.61 Å². The number of hydrogen-bond donors (Lipinski definition) is 0. The summed E-state index contributed by atoms with van der Waals surface area (Å²) in [4.78, 5) is 13.2. The normalized spacial score (nSPS) is 16.8. The lowest BCUT2D eigenvalue weighted by molar-refractivity contribution is 0.0941. The zero-order valence-corrected chi connectivity index (χ0v) is 9.26. The number of amides is 1. The summed E-state index contributed by atoms with van der Waals surface area (Å²) < 4.78 is 5.11. The van der Waals surface area contributed by atoms with Crippen LogP contribution in [-0.2, 0) is 4.74 Å². The van der Waals surface area contributed by atoms with Crippen molar-refractivity contribution in [3.8, 4) is 0 Å². The summed E-state index contributed by atoms with van der Waals surface area (Å²) in [6, 6.07) is 0. The smallest absolute Gasteiger partial charge is 0.409 e. The van der Waals surface area contributed by atoms with Crippen LogP contribution in [0.15, 0.2) is 0 Å². The van der Waals surface area contributed by atoms with Crippen LogP contribution in [0, 0.1) is 0 Å². The highest BCUT2D eigenvalue weighted by molar-refractivity contribution is 6.17. The zero-order chi connectivity index (χ0) is 10.2. The van der Waals surface area contributed by atoms with Crippen molar-refractivity contribution in [1.29, 1.82) is 0 Å². The van der Waals surface area contributed by atoms with E-state index >= 15 is 0 Å². The summed E-state index contributed by atoms with van der Waals surface area (Å²) >= 11 is 5.51. The summed E-state index contributed by atoms with van der Waals surface area (Å²) in [5.74, 6) is 0.640. The number of rotatable bonds is 4. The Kier molecular flexibility index (Phi) is 5.76. The molecule has 0 N–H and O–H groups in total. The number of piperidine rings is 1. The average molecular weight is 220 g/mol. The van der Waals surface area contributed by atoms with Gasteiger partial charge < -0.3 is 9.64 Å². The van der Waals surface area contributed by atoms with E-state index in [1.54, 1.807) is 4.90 Å². The van der Waals surface area contributed by atoms with E-state index in [1.807, 2.05) is 0 Å². The van der Waals surface area contributed by atoms with Gasteiger partial charge in [0.1, 0.15) is 0 Å². The largest absolute Gasteiger partial charge is 0.449 e. The molecule has 0 saturated carbocycles. The highest BCUT2D eigenvalue weighted by atomic mass is 35.5. The molecule has 1 aliphatic rings. The number of hydrogen-bond acceptors (Lipinski definition) is 2. The molecule has 0 spiro atoms. The number of halogens is 1. The summed E-state index contributed by atoms with van der Waals surface area (Å²) in [6.45, 7) is 2.21. The minimum absolute atomic E-state index is 0.153. The molecule has 1 rings (SSSR count). The molecular weight excluding hydrogens is 202 g/mol. The molecule has 14 heavy (non-hydrogen) atoms. The van der Waals surface area contributed by atoms with Gasteiger partial charge in [-0.2, -0.15) is 0 Å². The third-order valence-electron chi connectivity index (χ3n) is 2.37. The van der Waals surface area contributed by atoms with Crippen molar-refractivity contribution >= 4 is 17.7 Å². The van der Waals surface area contributed by atoms with Crippen molar-refractivity contribution in [3.05, 3.63) is 0 Å². The molecule has 82 valence electrons. The van der Waals surface area contributed by atoms with Gasteiger partial charge in [-0.3, -0.25) is 0 Å². The minimum atomic E-state index is -0.153. The standard InChI is InChI=1S/C10H18ClNO2/c11-6-2-5-9-14-10(13)12-7-3-1-4-8-12/h1-9H2. The van der Waals surface area contributed by atoms with Gasteiger partial charge in [-0.25, -0.2) is 4.79 Å². The number of unbranched alkanes of at least 4 members (excludes halogenated alkanes) is 1. The van der Waals surface area contributed by atoms with Gasteiger partial charge in [0, 0.05) is 19.0 Å². The van der Waals surface area contributed by atoms with Crippen LogP contribution in [0.25, 0.3) is 0 Å². The molecule has 4 heteroatoms. The highest BCUT2D eigenvalue weighted by Crippen LogP contribution is 2.09. The number of carbonyl (C=O) groups excluding carboxylic acids is 1. The summed E-state index contributed by atoms with van der Waals surface area (Å²) in [5.41, 5.74) is 0. The fourth-order valence-electron chi connectivity index (χ4n) is 1.52. The third-order valence-corrected chi connectivity index (χ3v) is 2.64. The fraction of sp³-hybridized carbons (Fsp3) is 0.900. The van der Waals surface area contributed by atoms with Gasteiger partial charge >= 0.3 is 6.09 Å². The van der Waals surface area contributed by atoms with E-state index < -0.39 is 0 Å². The number of likely N-dealkylation sites (tertiary alicyclic amines) is 1. The van der Waals surface area contributed by atoms with Gasteiger partial charge in [-0.15, -0.1) is 11.6 Å². The van der Waals surface area contributed by atoms with Crippen LogP contribution in [-0.4, -0.2) is 36.6 Å². The molecule has 1 aliphatic heterocycles. The first-order valence-electron chi connectivity index (χ1n) is 5.32. The lowest BCUT2D eigenvalue weighted by Crippen LogP contribution is -2.36. The minimum Gasteiger partial charge on any atom is -0.449 e. The van der Waals surface area contributed by atoms with E-state index in [9.17, 15) is 4.79 Å². The van der Waals surface area contributed by atoms with E-state index in [4.69, 9.17) is 16.3 Å². The Bertz CT molecular complexity index is 170. The molecule has 0 aromatic rings. The van der Waals surface area contributed by atoms with Gasteiger partial charge in [-0.05, 0) is 32.1 Å². The van der Waals surface area contributed by atoms with E-state index in [-0.39, 0.29) is 6.09 Å². The molecule has 1 amide bonds. The van der Waals surface area contributed by atoms with Crippen molar-refractivity contribution in [2.24, 2.45) is 0 Å². The number of alkyl halides is 1. The molecule has 1 fully saturated rings. The molecule has 3 nitrogen and oxygen atoms in total. The topological polar surface area (TPSA) is 29.5 Å². The first-order valence-corrected chi connectivity index (χ1v) is 5.85. The van der Waals surface area contributed by atoms with Crippen LogP contribution in [0.4, 0.5) is 4.79 Å². The second kappa shape index (κ2) is 6.93. The van der Waals surface area contributed by atoms with Crippen LogP contribution in [0.3, 0.4) is 0 Å². The molecular formula is C10H18ClNO2. The van der Waals surface area contributed by atoms with E-state index in [0.717, 1.165) is 38.8 Å².